The Morgan fingerprint density at radius 3 is 2.62 bits per heavy atom. The SMILES string of the molecule is CCCOc1ccc(C(=S)N2CCC2C(=O)OC)cc1C(F)(F)F. The topological polar surface area (TPSA) is 38.8 Å². The number of carbonyl (C=O) groups excluding carboxylic acids is 1. The number of thiocarbonyl (C=S) groups is 1. The average molecular weight is 361 g/mol. The number of benzene rings is 1. The number of rotatable bonds is 5. The summed E-state index contributed by atoms with van der Waals surface area (Å²) >= 11 is 5.26. The van der Waals surface area contributed by atoms with Gasteiger partial charge in [-0.25, -0.2) is 4.79 Å². The van der Waals surface area contributed by atoms with E-state index in [0.717, 1.165) is 6.07 Å². The molecule has 24 heavy (non-hydrogen) atoms. The van der Waals surface area contributed by atoms with E-state index in [2.05, 4.69) is 4.74 Å². The molecule has 1 aliphatic rings. The summed E-state index contributed by atoms with van der Waals surface area (Å²) in [5, 5.41) is 0. The van der Waals surface area contributed by atoms with Crippen molar-refractivity contribution in [3.05, 3.63) is 29.3 Å². The molecule has 0 aromatic heterocycles. The van der Waals surface area contributed by atoms with Crippen LogP contribution < -0.4 is 4.74 Å². The van der Waals surface area contributed by atoms with Crippen LogP contribution in [0.1, 0.15) is 30.9 Å². The van der Waals surface area contributed by atoms with Crippen molar-refractivity contribution in [3.8, 4) is 5.75 Å². The number of methoxy groups -OCH3 is 1. The molecular weight excluding hydrogens is 343 g/mol. The first kappa shape index (κ1) is 18.5. The lowest BCUT2D eigenvalue weighted by atomic mass is 10.0. The van der Waals surface area contributed by atoms with E-state index in [1.807, 2.05) is 6.92 Å². The maximum atomic E-state index is 13.3. The number of esters is 1. The lowest BCUT2D eigenvalue weighted by Crippen LogP contribution is -2.55. The summed E-state index contributed by atoms with van der Waals surface area (Å²) in [5.74, 6) is -0.661. The Morgan fingerprint density at radius 1 is 1.42 bits per heavy atom. The highest BCUT2D eigenvalue weighted by atomic mass is 32.1. The van der Waals surface area contributed by atoms with Gasteiger partial charge in [-0.15, -0.1) is 0 Å². The van der Waals surface area contributed by atoms with Crippen molar-refractivity contribution in [1.82, 2.24) is 4.90 Å². The summed E-state index contributed by atoms with van der Waals surface area (Å²) in [6.07, 6.45) is -3.38. The van der Waals surface area contributed by atoms with Gasteiger partial charge in [-0.2, -0.15) is 13.2 Å². The molecule has 1 aromatic carbocycles. The van der Waals surface area contributed by atoms with Crippen LogP contribution in [0.4, 0.5) is 13.2 Å². The third-order valence-electron chi connectivity index (χ3n) is 3.75. The number of ether oxygens (including phenoxy) is 2. The van der Waals surface area contributed by atoms with Crippen LogP contribution in [-0.2, 0) is 15.7 Å². The minimum absolute atomic E-state index is 0.198. The minimum Gasteiger partial charge on any atom is -0.493 e. The van der Waals surface area contributed by atoms with Gasteiger partial charge in [0, 0.05) is 12.1 Å². The van der Waals surface area contributed by atoms with Gasteiger partial charge in [0.15, 0.2) is 0 Å². The molecule has 0 amide bonds. The molecule has 1 fully saturated rings. The molecule has 8 heteroatoms. The summed E-state index contributed by atoms with van der Waals surface area (Å²) < 4.78 is 49.6. The Hall–Kier alpha value is -1.83. The molecule has 0 N–H and O–H groups in total. The summed E-state index contributed by atoms with van der Waals surface area (Å²) in [6, 6.07) is 3.19. The molecule has 1 saturated heterocycles. The molecule has 2 rings (SSSR count). The zero-order valence-electron chi connectivity index (χ0n) is 13.4. The van der Waals surface area contributed by atoms with Gasteiger partial charge < -0.3 is 14.4 Å². The van der Waals surface area contributed by atoms with Crippen LogP contribution in [0.15, 0.2) is 18.2 Å². The van der Waals surface area contributed by atoms with Crippen LogP contribution in [0.2, 0.25) is 0 Å². The maximum absolute atomic E-state index is 13.3. The van der Waals surface area contributed by atoms with Crippen molar-refractivity contribution in [2.24, 2.45) is 0 Å². The van der Waals surface area contributed by atoms with E-state index in [-0.39, 0.29) is 22.9 Å². The summed E-state index contributed by atoms with van der Waals surface area (Å²) in [7, 11) is 1.27. The van der Waals surface area contributed by atoms with Crippen molar-refractivity contribution >= 4 is 23.2 Å². The van der Waals surface area contributed by atoms with E-state index in [9.17, 15) is 18.0 Å². The molecule has 1 aromatic rings. The Bertz CT molecular complexity index is 633. The fourth-order valence-electron chi connectivity index (χ4n) is 2.40. The highest BCUT2D eigenvalue weighted by Crippen LogP contribution is 2.37. The summed E-state index contributed by atoms with van der Waals surface area (Å²) in [4.78, 5) is 13.4. The first-order chi connectivity index (χ1) is 11.3. The van der Waals surface area contributed by atoms with Gasteiger partial charge in [-0.3, -0.25) is 0 Å². The fraction of sp³-hybridized carbons (Fsp3) is 0.500. The monoisotopic (exact) mass is 361 g/mol. The Morgan fingerprint density at radius 2 is 2.12 bits per heavy atom. The molecule has 1 atom stereocenters. The molecule has 1 unspecified atom stereocenters. The van der Waals surface area contributed by atoms with Crippen molar-refractivity contribution < 1.29 is 27.4 Å². The maximum Gasteiger partial charge on any atom is 0.419 e. The quantitative estimate of drug-likeness (QED) is 0.594. The van der Waals surface area contributed by atoms with Crippen molar-refractivity contribution in [2.75, 3.05) is 20.3 Å². The van der Waals surface area contributed by atoms with Crippen LogP contribution in [-0.4, -0.2) is 42.2 Å². The van der Waals surface area contributed by atoms with E-state index >= 15 is 0 Å². The van der Waals surface area contributed by atoms with Crippen LogP contribution in [0.25, 0.3) is 0 Å². The second-order valence-electron chi connectivity index (χ2n) is 5.38. The molecule has 0 bridgehead atoms. The highest BCUT2D eigenvalue weighted by molar-refractivity contribution is 7.80. The molecule has 0 spiro atoms. The fourth-order valence-corrected chi connectivity index (χ4v) is 2.75. The van der Waals surface area contributed by atoms with Gasteiger partial charge in [0.05, 0.1) is 19.3 Å². The van der Waals surface area contributed by atoms with Gasteiger partial charge in [-0.05, 0) is 31.0 Å². The van der Waals surface area contributed by atoms with Crippen LogP contribution in [0.5, 0.6) is 5.75 Å². The molecule has 4 nitrogen and oxygen atoms in total. The predicted molar refractivity (Wildman–Crippen MR) is 86.1 cm³/mol. The van der Waals surface area contributed by atoms with Gasteiger partial charge >= 0.3 is 12.1 Å². The van der Waals surface area contributed by atoms with E-state index in [1.54, 1.807) is 4.90 Å². The number of carbonyl (C=O) groups is 1. The van der Waals surface area contributed by atoms with E-state index in [4.69, 9.17) is 17.0 Å². The second kappa shape index (κ2) is 7.38. The summed E-state index contributed by atoms with van der Waals surface area (Å²) in [6.45, 7) is 2.52. The highest BCUT2D eigenvalue weighted by Gasteiger charge is 2.39. The molecule has 0 aliphatic carbocycles. The molecule has 0 radical (unpaired) electrons. The first-order valence-electron chi connectivity index (χ1n) is 7.52. The Balaban J connectivity index is 2.27. The van der Waals surface area contributed by atoms with Crippen molar-refractivity contribution in [2.45, 2.75) is 32.0 Å². The van der Waals surface area contributed by atoms with E-state index in [1.165, 1.54) is 19.2 Å². The standard InChI is InChI=1S/C16H18F3NO3S/c1-3-8-23-13-5-4-10(9-11(13)16(17,18)19)14(24)20-7-6-12(20)15(21)22-2/h4-5,9,12H,3,6-8H2,1-2H3. The van der Waals surface area contributed by atoms with E-state index < -0.39 is 23.8 Å². The lowest BCUT2D eigenvalue weighted by Gasteiger charge is -2.40. The average Bonchev–Trinajstić information content (AvgIpc) is 2.50. The molecule has 1 heterocycles. The van der Waals surface area contributed by atoms with Crippen molar-refractivity contribution in [1.29, 1.82) is 0 Å². The Labute approximate surface area is 143 Å². The largest absolute Gasteiger partial charge is 0.493 e. The normalized spacial score (nSPS) is 17.2. The zero-order valence-corrected chi connectivity index (χ0v) is 14.2. The van der Waals surface area contributed by atoms with Gasteiger partial charge in [0.2, 0.25) is 0 Å². The van der Waals surface area contributed by atoms with Gasteiger partial charge in [0.1, 0.15) is 16.8 Å². The van der Waals surface area contributed by atoms with Crippen LogP contribution in [0, 0.1) is 0 Å². The Kier molecular flexibility index (Phi) is 5.69. The van der Waals surface area contributed by atoms with Gasteiger partial charge in [0.25, 0.3) is 0 Å². The summed E-state index contributed by atoms with van der Waals surface area (Å²) in [5.41, 5.74) is -0.638. The first-order valence-corrected chi connectivity index (χ1v) is 7.93. The van der Waals surface area contributed by atoms with E-state index in [0.29, 0.717) is 19.4 Å². The van der Waals surface area contributed by atoms with Gasteiger partial charge in [-0.1, -0.05) is 19.1 Å². The minimum atomic E-state index is -4.55. The molecule has 132 valence electrons. The molecular formula is C16H18F3NO3S. The number of hydrogen-bond acceptors (Lipinski definition) is 4. The number of hydrogen-bond donors (Lipinski definition) is 0. The number of likely N-dealkylation sites (tertiary alicyclic amines) is 1. The van der Waals surface area contributed by atoms with Crippen LogP contribution in [0.3, 0.4) is 0 Å². The third kappa shape index (κ3) is 3.80. The molecule has 0 saturated carbocycles. The predicted octanol–water partition coefficient (Wildman–Crippen LogP) is 3.42. The molecule has 1 aliphatic heterocycles. The van der Waals surface area contributed by atoms with Crippen LogP contribution >= 0.6 is 12.2 Å². The number of alkyl halides is 3. The third-order valence-corrected chi connectivity index (χ3v) is 4.22. The van der Waals surface area contributed by atoms with Crippen molar-refractivity contribution in [3.63, 3.8) is 0 Å². The zero-order chi connectivity index (χ0) is 17.9. The second-order valence-corrected chi connectivity index (χ2v) is 5.77. The smallest absolute Gasteiger partial charge is 0.419 e. The number of nitrogens with zero attached hydrogens (tertiary/aromatic N) is 1. The lowest BCUT2D eigenvalue weighted by molar-refractivity contribution is -0.148. The number of halogens is 3.